The van der Waals surface area contributed by atoms with E-state index in [0.29, 0.717) is 24.4 Å². The number of carboxylic acids is 1. The fraction of sp³-hybridized carbons (Fsp3) is 0.240. The van der Waals surface area contributed by atoms with E-state index in [1.54, 1.807) is 12.3 Å². The number of aliphatic carboxylic acids is 1. The highest BCUT2D eigenvalue weighted by Crippen LogP contribution is 2.46. The van der Waals surface area contributed by atoms with Crippen LogP contribution in [-0.2, 0) is 11.2 Å². The smallest absolute Gasteiger partial charge is 0.323 e. The minimum absolute atomic E-state index is 0.139. The number of amides is 2. The number of nitrogens with zero attached hydrogens (tertiary/aromatic N) is 1. The molecule has 7 heteroatoms. The van der Waals surface area contributed by atoms with Gasteiger partial charge in [0.25, 0.3) is 0 Å². The molecule has 1 aromatic heterocycles. The zero-order valence-corrected chi connectivity index (χ0v) is 17.8. The van der Waals surface area contributed by atoms with Crippen molar-refractivity contribution in [1.29, 1.82) is 0 Å². The molecule has 3 N–H and O–H groups in total. The van der Waals surface area contributed by atoms with Crippen molar-refractivity contribution in [3.05, 3.63) is 72.4 Å². The number of hydrogen-bond acceptors (Lipinski definition) is 4. The SMILES string of the molecule is CCc1ccccc1NC(=O)Nc1ccc(-c2ccc(OCC3(C(=O)O)CC3)nc2)cc1. The third-order valence-electron chi connectivity index (χ3n) is 5.66. The molecule has 0 atom stereocenters. The van der Waals surface area contributed by atoms with E-state index in [-0.39, 0.29) is 12.6 Å². The molecule has 32 heavy (non-hydrogen) atoms. The Labute approximate surface area is 186 Å². The molecule has 0 unspecified atom stereocenters. The minimum atomic E-state index is -0.814. The summed E-state index contributed by atoms with van der Waals surface area (Å²) >= 11 is 0. The summed E-state index contributed by atoms with van der Waals surface area (Å²) in [7, 11) is 0. The Morgan fingerprint density at radius 3 is 2.34 bits per heavy atom. The topological polar surface area (TPSA) is 101 Å². The molecular formula is C25H25N3O4. The summed E-state index contributed by atoms with van der Waals surface area (Å²) in [6.07, 6.45) is 3.81. The van der Waals surface area contributed by atoms with Gasteiger partial charge in [-0.05, 0) is 54.7 Å². The summed E-state index contributed by atoms with van der Waals surface area (Å²) in [5, 5.41) is 14.9. The molecule has 1 fully saturated rings. The van der Waals surface area contributed by atoms with E-state index in [9.17, 15) is 14.7 Å². The van der Waals surface area contributed by atoms with Crippen molar-refractivity contribution in [2.24, 2.45) is 5.41 Å². The van der Waals surface area contributed by atoms with Gasteiger partial charge in [0, 0.05) is 29.2 Å². The first-order valence-corrected chi connectivity index (χ1v) is 10.6. The molecule has 0 spiro atoms. The molecule has 0 radical (unpaired) electrons. The van der Waals surface area contributed by atoms with Gasteiger partial charge in [0.15, 0.2) is 0 Å². The monoisotopic (exact) mass is 431 g/mol. The number of urea groups is 1. The predicted molar refractivity (Wildman–Crippen MR) is 123 cm³/mol. The van der Waals surface area contributed by atoms with Gasteiger partial charge in [-0.3, -0.25) is 4.79 Å². The Morgan fingerprint density at radius 2 is 1.72 bits per heavy atom. The van der Waals surface area contributed by atoms with Crippen molar-refractivity contribution in [3.63, 3.8) is 0 Å². The molecule has 1 aliphatic rings. The van der Waals surface area contributed by atoms with Crippen LogP contribution in [-0.4, -0.2) is 28.7 Å². The van der Waals surface area contributed by atoms with Crippen LogP contribution < -0.4 is 15.4 Å². The van der Waals surface area contributed by atoms with Crippen LogP contribution in [0.1, 0.15) is 25.3 Å². The van der Waals surface area contributed by atoms with E-state index in [0.717, 1.165) is 28.8 Å². The quantitative estimate of drug-likeness (QED) is 0.455. The number of aromatic nitrogens is 1. The van der Waals surface area contributed by atoms with Gasteiger partial charge in [-0.15, -0.1) is 0 Å². The average molecular weight is 431 g/mol. The number of benzene rings is 2. The van der Waals surface area contributed by atoms with Crippen molar-refractivity contribution in [2.45, 2.75) is 26.2 Å². The van der Waals surface area contributed by atoms with E-state index in [1.807, 2.05) is 61.5 Å². The van der Waals surface area contributed by atoms with Gasteiger partial charge in [0.05, 0.1) is 0 Å². The lowest BCUT2D eigenvalue weighted by atomic mass is 10.1. The summed E-state index contributed by atoms with van der Waals surface area (Å²) in [5.41, 5.74) is 3.65. The summed E-state index contributed by atoms with van der Waals surface area (Å²) in [6, 6.07) is 18.5. The van der Waals surface area contributed by atoms with Crippen molar-refractivity contribution >= 4 is 23.4 Å². The van der Waals surface area contributed by atoms with Crippen LogP contribution in [0.15, 0.2) is 66.9 Å². The molecular weight excluding hydrogens is 406 g/mol. The van der Waals surface area contributed by atoms with Crippen LogP contribution in [0.2, 0.25) is 0 Å². The summed E-state index contributed by atoms with van der Waals surface area (Å²) in [5.74, 6) is -0.408. The maximum absolute atomic E-state index is 12.3. The van der Waals surface area contributed by atoms with E-state index >= 15 is 0 Å². The van der Waals surface area contributed by atoms with E-state index in [2.05, 4.69) is 15.6 Å². The molecule has 2 aromatic carbocycles. The number of ether oxygens (including phenoxy) is 1. The lowest BCUT2D eigenvalue weighted by molar-refractivity contribution is -0.144. The average Bonchev–Trinajstić information content (AvgIpc) is 3.60. The zero-order valence-electron chi connectivity index (χ0n) is 17.8. The Bertz CT molecular complexity index is 1110. The number of para-hydroxylation sites is 1. The second kappa shape index (κ2) is 9.09. The molecule has 1 saturated carbocycles. The number of rotatable bonds is 8. The Hall–Kier alpha value is -3.87. The number of anilines is 2. The van der Waals surface area contributed by atoms with Crippen LogP contribution in [0.3, 0.4) is 0 Å². The van der Waals surface area contributed by atoms with E-state index in [1.165, 1.54) is 0 Å². The highest BCUT2D eigenvalue weighted by molar-refractivity contribution is 6.00. The molecule has 7 nitrogen and oxygen atoms in total. The van der Waals surface area contributed by atoms with Gasteiger partial charge in [0.2, 0.25) is 5.88 Å². The number of nitrogens with one attached hydrogen (secondary N) is 2. The molecule has 0 aliphatic heterocycles. The van der Waals surface area contributed by atoms with E-state index < -0.39 is 11.4 Å². The van der Waals surface area contributed by atoms with E-state index in [4.69, 9.17) is 4.74 Å². The normalized spacial score (nSPS) is 13.8. The number of aryl methyl sites for hydroxylation is 1. The number of hydrogen-bond donors (Lipinski definition) is 3. The summed E-state index contributed by atoms with van der Waals surface area (Å²) < 4.78 is 5.57. The number of carboxylic acid groups (broad SMARTS) is 1. The number of carbonyl (C=O) groups is 2. The molecule has 3 aromatic rings. The number of pyridine rings is 1. The summed E-state index contributed by atoms with van der Waals surface area (Å²) in [4.78, 5) is 27.9. The molecule has 0 saturated heterocycles. The largest absolute Gasteiger partial charge is 0.481 e. The minimum Gasteiger partial charge on any atom is -0.481 e. The van der Waals surface area contributed by atoms with Gasteiger partial charge in [-0.1, -0.05) is 37.3 Å². The fourth-order valence-corrected chi connectivity index (χ4v) is 3.40. The highest BCUT2D eigenvalue weighted by Gasteiger charge is 2.51. The number of carbonyl (C=O) groups excluding carboxylic acids is 1. The highest BCUT2D eigenvalue weighted by atomic mass is 16.5. The maximum Gasteiger partial charge on any atom is 0.323 e. The Kier molecular flexibility index (Phi) is 6.07. The fourth-order valence-electron chi connectivity index (χ4n) is 3.40. The lowest BCUT2D eigenvalue weighted by Gasteiger charge is -2.12. The van der Waals surface area contributed by atoms with Crippen molar-refractivity contribution < 1.29 is 19.4 Å². The van der Waals surface area contributed by atoms with Crippen molar-refractivity contribution in [1.82, 2.24) is 4.98 Å². The summed E-state index contributed by atoms with van der Waals surface area (Å²) in [6.45, 7) is 2.18. The Balaban J connectivity index is 1.34. The predicted octanol–water partition coefficient (Wildman–Crippen LogP) is 5.20. The molecule has 1 aliphatic carbocycles. The first-order chi connectivity index (χ1) is 15.5. The standard InChI is InChI=1S/C25H25N3O4/c1-2-17-5-3-4-6-21(17)28-24(31)27-20-10-7-18(8-11-20)19-9-12-22(26-15-19)32-16-25(13-14-25)23(29)30/h3-12,15H,2,13-14,16H2,1H3,(H,29,30)(H2,27,28,31). The third-order valence-corrected chi connectivity index (χ3v) is 5.66. The molecule has 4 rings (SSSR count). The van der Waals surface area contributed by atoms with Gasteiger partial charge in [0.1, 0.15) is 12.0 Å². The van der Waals surface area contributed by atoms with Gasteiger partial charge in [-0.25, -0.2) is 9.78 Å². The van der Waals surface area contributed by atoms with Gasteiger partial charge >= 0.3 is 12.0 Å². The zero-order chi connectivity index (χ0) is 22.6. The molecule has 0 bridgehead atoms. The van der Waals surface area contributed by atoms with Crippen LogP contribution >= 0.6 is 0 Å². The molecule has 164 valence electrons. The van der Waals surface area contributed by atoms with Crippen molar-refractivity contribution in [2.75, 3.05) is 17.2 Å². The van der Waals surface area contributed by atoms with Gasteiger partial charge in [-0.2, -0.15) is 0 Å². The maximum atomic E-state index is 12.3. The third kappa shape index (κ3) is 4.88. The first kappa shape index (κ1) is 21.4. The van der Waals surface area contributed by atoms with Crippen molar-refractivity contribution in [3.8, 4) is 17.0 Å². The molecule has 1 heterocycles. The molecule has 2 amide bonds. The first-order valence-electron chi connectivity index (χ1n) is 10.6. The van der Waals surface area contributed by atoms with Crippen LogP contribution in [0.25, 0.3) is 11.1 Å². The lowest BCUT2D eigenvalue weighted by Crippen LogP contribution is -2.23. The van der Waals surface area contributed by atoms with Crippen LogP contribution in [0.5, 0.6) is 5.88 Å². The van der Waals surface area contributed by atoms with Gasteiger partial charge < -0.3 is 20.5 Å². The Morgan fingerprint density at radius 1 is 1.00 bits per heavy atom. The second-order valence-corrected chi connectivity index (χ2v) is 7.93. The second-order valence-electron chi connectivity index (χ2n) is 7.93. The van der Waals surface area contributed by atoms with Crippen LogP contribution in [0, 0.1) is 5.41 Å². The van der Waals surface area contributed by atoms with Crippen LogP contribution in [0.4, 0.5) is 16.2 Å².